The summed E-state index contributed by atoms with van der Waals surface area (Å²) in [4.78, 5) is 16.0. The summed E-state index contributed by atoms with van der Waals surface area (Å²) in [6, 6.07) is 1.59. The van der Waals surface area contributed by atoms with Crippen LogP contribution in [0.3, 0.4) is 0 Å². The fourth-order valence-corrected chi connectivity index (χ4v) is 1.58. The Bertz CT molecular complexity index is 383. The normalized spacial score (nSPS) is 10.9. The Balaban J connectivity index is 2.73. The van der Waals surface area contributed by atoms with Crippen molar-refractivity contribution in [1.82, 2.24) is 9.88 Å². The number of aromatic nitrogens is 1. The van der Waals surface area contributed by atoms with Crippen LogP contribution in [0.15, 0.2) is 10.9 Å². The van der Waals surface area contributed by atoms with Gasteiger partial charge in [0.1, 0.15) is 0 Å². The third kappa shape index (κ3) is 3.40. The number of pyridine rings is 1. The topological polar surface area (TPSA) is 56.3 Å². The maximum absolute atomic E-state index is 11.5. The average Bonchev–Trinajstić information content (AvgIpc) is 2.08. The lowest BCUT2D eigenvalue weighted by Gasteiger charge is -2.09. The number of hydrogen-bond acceptors (Lipinski definition) is 3. The van der Waals surface area contributed by atoms with Crippen molar-refractivity contribution in [1.29, 1.82) is 0 Å². The highest BCUT2D eigenvalue weighted by atomic mass is 16.3. The molecule has 0 atom stereocenters. The van der Waals surface area contributed by atoms with Crippen molar-refractivity contribution in [2.45, 2.75) is 19.8 Å². The molecule has 0 saturated carbocycles. The molecular formula is C11H18N2O2. The first-order chi connectivity index (χ1) is 7.00. The molecule has 0 saturated heterocycles. The van der Waals surface area contributed by atoms with E-state index in [1.54, 1.807) is 6.07 Å². The largest absolute Gasteiger partial charge is 0.495 e. The van der Waals surface area contributed by atoms with Gasteiger partial charge in [-0.3, -0.25) is 9.78 Å². The number of hydrogen-bond donors (Lipinski definition) is 2. The third-order valence-electron chi connectivity index (χ3n) is 2.38. The predicted octanol–water partition coefficient (Wildman–Crippen LogP) is 0.883. The average molecular weight is 210 g/mol. The summed E-state index contributed by atoms with van der Waals surface area (Å²) in [5, 5.41) is 9.17. The molecule has 4 heteroatoms. The van der Waals surface area contributed by atoms with Gasteiger partial charge in [0, 0.05) is 11.6 Å². The van der Waals surface area contributed by atoms with Crippen LogP contribution in [0, 0.1) is 6.92 Å². The summed E-state index contributed by atoms with van der Waals surface area (Å²) < 4.78 is 0. The van der Waals surface area contributed by atoms with Crippen molar-refractivity contribution in [3.05, 3.63) is 27.5 Å². The molecule has 1 rings (SSSR count). The molecule has 1 heterocycles. The molecule has 0 aliphatic carbocycles. The van der Waals surface area contributed by atoms with E-state index in [0.717, 1.165) is 30.5 Å². The quantitative estimate of drug-likeness (QED) is 0.775. The lowest BCUT2D eigenvalue weighted by atomic mass is 10.1. The number of nitrogens with one attached hydrogen (secondary N) is 1. The third-order valence-corrected chi connectivity index (χ3v) is 2.38. The van der Waals surface area contributed by atoms with Gasteiger partial charge in [-0.15, -0.1) is 0 Å². The van der Waals surface area contributed by atoms with E-state index in [1.165, 1.54) is 0 Å². The van der Waals surface area contributed by atoms with Crippen LogP contribution in [0.5, 0.6) is 5.88 Å². The summed E-state index contributed by atoms with van der Waals surface area (Å²) in [6.07, 6.45) is 1.70. The fourth-order valence-electron chi connectivity index (χ4n) is 1.58. The van der Waals surface area contributed by atoms with E-state index >= 15 is 0 Å². The first-order valence-electron chi connectivity index (χ1n) is 5.07. The van der Waals surface area contributed by atoms with Crippen LogP contribution in [0.1, 0.15) is 17.5 Å². The zero-order valence-corrected chi connectivity index (χ0v) is 9.50. The number of nitrogens with zero attached hydrogens (tertiary/aromatic N) is 1. The molecule has 0 spiro atoms. The molecule has 84 valence electrons. The van der Waals surface area contributed by atoms with Gasteiger partial charge in [-0.2, -0.15) is 0 Å². The molecule has 0 amide bonds. The molecule has 4 nitrogen and oxygen atoms in total. The maximum Gasteiger partial charge on any atom is 0.254 e. The van der Waals surface area contributed by atoms with Crippen molar-refractivity contribution in [3.63, 3.8) is 0 Å². The first-order valence-corrected chi connectivity index (χ1v) is 5.07. The number of aryl methyl sites for hydroxylation is 1. The van der Waals surface area contributed by atoms with Gasteiger partial charge in [0.25, 0.3) is 5.56 Å². The second kappa shape index (κ2) is 4.98. The molecule has 0 bridgehead atoms. The maximum atomic E-state index is 11.5. The smallest absolute Gasteiger partial charge is 0.254 e. The van der Waals surface area contributed by atoms with Gasteiger partial charge in [-0.05, 0) is 46.0 Å². The highest BCUT2D eigenvalue weighted by Crippen LogP contribution is 2.09. The number of H-pyrrole nitrogens is 1. The van der Waals surface area contributed by atoms with Crippen LogP contribution < -0.4 is 5.56 Å². The van der Waals surface area contributed by atoms with E-state index in [2.05, 4.69) is 9.88 Å². The van der Waals surface area contributed by atoms with Gasteiger partial charge in [-0.1, -0.05) is 0 Å². The summed E-state index contributed by atoms with van der Waals surface area (Å²) in [6.45, 7) is 2.81. The van der Waals surface area contributed by atoms with Gasteiger partial charge >= 0.3 is 0 Å². The molecule has 0 fully saturated rings. The molecule has 0 aliphatic heterocycles. The monoisotopic (exact) mass is 210 g/mol. The SMILES string of the molecule is Cc1cc(O)[nH]c(=O)c1CCCN(C)C. The molecule has 1 aromatic heterocycles. The molecule has 0 aliphatic rings. The van der Waals surface area contributed by atoms with E-state index in [-0.39, 0.29) is 11.4 Å². The molecule has 2 N–H and O–H groups in total. The molecule has 15 heavy (non-hydrogen) atoms. The van der Waals surface area contributed by atoms with Crippen LogP contribution in [0.25, 0.3) is 0 Å². The summed E-state index contributed by atoms with van der Waals surface area (Å²) in [5.74, 6) is -0.0612. The second-order valence-corrected chi connectivity index (χ2v) is 4.05. The molecule has 0 aromatic carbocycles. The number of aromatic amines is 1. The zero-order valence-electron chi connectivity index (χ0n) is 9.50. The summed E-state index contributed by atoms with van der Waals surface area (Å²) >= 11 is 0. The van der Waals surface area contributed by atoms with E-state index in [9.17, 15) is 4.79 Å². The second-order valence-electron chi connectivity index (χ2n) is 4.05. The van der Waals surface area contributed by atoms with Crippen LogP contribution in [0.2, 0.25) is 0 Å². The molecule has 1 aromatic rings. The summed E-state index contributed by atoms with van der Waals surface area (Å²) in [5.41, 5.74) is 1.45. The Morgan fingerprint density at radius 1 is 1.47 bits per heavy atom. The summed E-state index contributed by atoms with van der Waals surface area (Å²) in [7, 11) is 4.02. The highest BCUT2D eigenvalue weighted by Gasteiger charge is 2.05. The van der Waals surface area contributed by atoms with Gasteiger partial charge in [0.15, 0.2) is 5.88 Å². The lowest BCUT2D eigenvalue weighted by Crippen LogP contribution is -2.18. The minimum atomic E-state index is -0.175. The van der Waals surface area contributed by atoms with Gasteiger partial charge in [-0.25, -0.2) is 0 Å². The number of rotatable bonds is 4. The van der Waals surface area contributed by atoms with Crippen molar-refractivity contribution >= 4 is 0 Å². The van der Waals surface area contributed by atoms with Crippen molar-refractivity contribution in [3.8, 4) is 5.88 Å². The predicted molar refractivity (Wildman–Crippen MR) is 60.3 cm³/mol. The van der Waals surface area contributed by atoms with Crippen molar-refractivity contribution in [2.24, 2.45) is 0 Å². The van der Waals surface area contributed by atoms with Gasteiger partial charge in [0.2, 0.25) is 0 Å². The van der Waals surface area contributed by atoms with E-state index < -0.39 is 0 Å². The van der Waals surface area contributed by atoms with Crippen LogP contribution in [-0.4, -0.2) is 35.6 Å². The van der Waals surface area contributed by atoms with E-state index in [4.69, 9.17) is 5.11 Å². The Kier molecular flexibility index (Phi) is 3.91. The Labute approximate surface area is 89.6 Å². The number of aromatic hydroxyl groups is 1. The lowest BCUT2D eigenvalue weighted by molar-refractivity contribution is 0.399. The van der Waals surface area contributed by atoms with Crippen molar-refractivity contribution in [2.75, 3.05) is 20.6 Å². The first kappa shape index (κ1) is 11.8. The zero-order chi connectivity index (χ0) is 11.4. The van der Waals surface area contributed by atoms with E-state index in [1.807, 2.05) is 21.0 Å². The van der Waals surface area contributed by atoms with Crippen LogP contribution in [0.4, 0.5) is 0 Å². The standard InChI is InChI=1S/C11H18N2O2/c1-8-7-10(14)12-11(15)9(8)5-4-6-13(2)3/h7H,4-6H2,1-3H3,(H2,12,14,15). The van der Waals surface area contributed by atoms with Gasteiger partial charge < -0.3 is 10.0 Å². The van der Waals surface area contributed by atoms with E-state index in [0.29, 0.717) is 0 Å². The highest BCUT2D eigenvalue weighted by molar-refractivity contribution is 5.27. The fraction of sp³-hybridized carbons (Fsp3) is 0.545. The Morgan fingerprint density at radius 3 is 2.67 bits per heavy atom. The molecular weight excluding hydrogens is 192 g/mol. The molecule has 0 unspecified atom stereocenters. The van der Waals surface area contributed by atoms with Crippen molar-refractivity contribution < 1.29 is 5.11 Å². The van der Waals surface area contributed by atoms with Gasteiger partial charge in [0.05, 0.1) is 0 Å². The molecule has 0 radical (unpaired) electrons. The Hall–Kier alpha value is -1.29. The minimum absolute atomic E-state index is 0.0612. The minimum Gasteiger partial charge on any atom is -0.495 e. The van der Waals surface area contributed by atoms with Crippen LogP contribution in [-0.2, 0) is 6.42 Å². The van der Waals surface area contributed by atoms with Crippen LogP contribution >= 0.6 is 0 Å². The Morgan fingerprint density at radius 2 is 2.13 bits per heavy atom.